The first-order chi connectivity index (χ1) is 16.1. The van der Waals surface area contributed by atoms with Gasteiger partial charge in [-0.2, -0.15) is 0 Å². The molecular formula is C23H25N3O6S2. The van der Waals surface area contributed by atoms with E-state index < -0.39 is 15.9 Å². The number of sulfonamides is 1. The summed E-state index contributed by atoms with van der Waals surface area (Å²) in [6, 6.07) is 13.3. The van der Waals surface area contributed by atoms with Crippen molar-refractivity contribution in [1.82, 2.24) is 5.32 Å². The Morgan fingerprint density at radius 1 is 0.941 bits per heavy atom. The minimum atomic E-state index is -3.58. The lowest BCUT2D eigenvalue weighted by Gasteiger charge is -2.12. The predicted octanol–water partition coefficient (Wildman–Crippen LogP) is 3.63. The number of aryl methyl sites for hydroxylation is 1. The van der Waals surface area contributed by atoms with Crippen molar-refractivity contribution in [3.8, 4) is 11.5 Å². The highest BCUT2D eigenvalue weighted by Crippen LogP contribution is 2.30. The quantitative estimate of drug-likeness (QED) is 0.410. The van der Waals surface area contributed by atoms with E-state index in [1.165, 1.54) is 30.6 Å². The number of benzene rings is 2. The van der Waals surface area contributed by atoms with E-state index in [4.69, 9.17) is 9.47 Å². The van der Waals surface area contributed by atoms with Gasteiger partial charge in [-0.1, -0.05) is 18.2 Å². The number of thiophene rings is 1. The number of methoxy groups -OCH3 is 2. The second-order valence-electron chi connectivity index (χ2n) is 7.35. The summed E-state index contributed by atoms with van der Waals surface area (Å²) < 4.78 is 36.1. The normalized spacial score (nSPS) is 10.9. The third-order valence-electron chi connectivity index (χ3n) is 4.70. The molecule has 0 unspecified atom stereocenters. The Bertz CT molecular complexity index is 1320. The summed E-state index contributed by atoms with van der Waals surface area (Å²) in [6.45, 7) is 2.06. The maximum absolute atomic E-state index is 12.9. The number of nitrogens with one attached hydrogen (secondary N) is 3. The zero-order valence-electron chi connectivity index (χ0n) is 19.1. The Balaban J connectivity index is 1.76. The van der Waals surface area contributed by atoms with E-state index in [9.17, 15) is 18.0 Å². The molecule has 1 aromatic heterocycles. The fraction of sp³-hybridized carbons (Fsp3) is 0.217. The average molecular weight is 504 g/mol. The summed E-state index contributed by atoms with van der Waals surface area (Å²) >= 11 is 1.25. The molecule has 34 heavy (non-hydrogen) atoms. The van der Waals surface area contributed by atoms with Crippen LogP contribution in [0.3, 0.4) is 0 Å². The van der Waals surface area contributed by atoms with Crippen LogP contribution in [0.5, 0.6) is 11.5 Å². The Morgan fingerprint density at radius 3 is 2.32 bits per heavy atom. The molecule has 0 saturated carbocycles. The third-order valence-corrected chi connectivity index (χ3v) is 6.25. The van der Waals surface area contributed by atoms with Crippen LogP contribution in [-0.2, 0) is 16.6 Å². The number of hydrogen-bond acceptors (Lipinski definition) is 7. The largest absolute Gasteiger partial charge is 0.493 e. The Morgan fingerprint density at radius 2 is 1.65 bits per heavy atom. The second kappa shape index (κ2) is 10.6. The van der Waals surface area contributed by atoms with E-state index in [1.54, 1.807) is 37.4 Å². The van der Waals surface area contributed by atoms with Crippen LogP contribution in [-0.4, -0.2) is 40.7 Å². The van der Waals surface area contributed by atoms with Gasteiger partial charge < -0.3 is 20.1 Å². The van der Waals surface area contributed by atoms with Gasteiger partial charge in [-0.3, -0.25) is 14.3 Å². The number of carbonyl (C=O) groups excluding carboxylic acids is 2. The third kappa shape index (κ3) is 6.27. The SMILES string of the molecule is COc1ccc(CNC(=O)c2cc(C)sc2NC(=O)c2ccccc2NS(C)(=O)=O)cc1OC. The van der Waals surface area contributed by atoms with Crippen LogP contribution in [0.4, 0.5) is 10.7 Å². The van der Waals surface area contributed by atoms with Crippen molar-refractivity contribution < 1.29 is 27.5 Å². The molecule has 0 saturated heterocycles. The fourth-order valence-corrected chi connectivity index (χ4v) is 4.67. The minimum absolute atomic E-state index is 0.135. The van der Waals surface area contributed by atoms with Gasteiger partial charge in [0.25, 0.3) is 11.8 Å². The molecule has 0 bridgehead atoms. The lowest BCUT2D eigenvalue weighted by molar-refractivity contribution is 0.0952. The van der Waals surface area contributed by atoms with Gasteiger partial charge in [0.2, 0.25) is 10.0 Å². The molecular weight excluding hydrogens is 478 g/mol. The monoisotopic (exact) mass is 503 g/mol. The Hall–Kier alpha value is -3.57. The van der Waals surface area contributed by atoms with Crippen LogP contribution in [0, 0.1) is 6.92 Å². The van der Waals surface area contributed by atoms with Crippen LogP contribution in [0.25, 0.3) is 0 Å². The summed E-state index contributed by atoms with van der Waals surface area (Å²) in [7, 11) is -0.495. The summed E-state index contributed by atoms with van der Waals surface area (Å²) in [5, 5.41) is 5.94. The molecule has 0 fully saturated rings. The van der Waals surface area contributed by atoms with E-state index in [1.807, 2.05) is 13.0 Å². The summed E-state index contributed by atoms with van der Waals surface area (Å²) in [4.78, 5) is 26.6. The first-order valence-corrected chi connectivity index (χ1v) is 12.8. The van der Waals surface area contributed by atoms with E-state index >= 15 is 0 Å². The number of para-hydroxylation sites is 1. The van der Waals surface area contributed by atoms with Gasteiger partial charge in [-0.25, -0.2) is 8.42 Å². The van der Waals surface area contributed by atoms with E-state index in [2.05, 4.69) is 15.4 Å². The van der Waals surface area contributed by atoms with Crippen LogP contribution < -0.4 is 24.8 Å². The van der Waals surface area contributed by atoms with Gasteiger partial charge in [-0.05, 0) is 42.8 Å². The molecule has 2 aromatic carbocycles. The van der Waals surface area contributed by atoms with Crippen molar-refractivity contribution in [1.29, 1.82) is 0 Å². The molecule has 11 heteroatoms. The number of rotatable bonds is 9. The molecule has 9 nitrogen and oxygen atoms in total. The molecule has 3 rings (SSSR count). The van der Waals surface area contributed by atoms with Crippen molar-refractivity contribution in [2.24, 2.45) is 0 Å². The molecule has 2 amide bonds. The summed E-state index contributed by atoms with van der Waals surface area (Å²) in [5.41, 5.74) is 1.40. The topological polar surface area (TPSA) is 123 Å². The van der Waals surface area contributed by atoms with Crippen molar-refractivity contribution in [3.05, 3.63) is 70.1 Å². The van der Waals surface area contributed by atoms with Gasteiger partial charge in [0.1, 0.15) is 5.00 Å². The standard InChI is InChI=1S/C23H25N3O6S2/c1-14-11-17(21(27)24-13-15-9-10-19(31-2)20(12-15)32-3)23(33-14)25-22(28)16-7-5-6-8-18(16)26-34(4,29)30/h5-12,26H,13H2,1-4H3,(H,24,27)(H,25,28). The number of ether oxygens (including phenoxy) is 2. The molecule has 0 radical (unpaired) electrons. The van der Waals surface area contributed by atoms with E-state index in [0.29, 0.717) is 22.1 Å². The lowest BCUT2D eigenvalue weighted by Crippen LogP contribution is -2.24. The van der Waals surface area contributed by atoms with Crippen molar-refractivity contribution >= 4 is 43.9 Å². The second-order valence-corrected chi connectivity index (χ2v) is 10.4. The van der Waals surface area contributed by atoms with Crippen LogP contribution >= 0.6 is 11.3 Å². The van der Waals surface area contributed by atoms with E-state index in [-0.39, 0.29) is 23.7 Å². The smallest absolute Gasteiger partial charge is 0.258 e. The number of carbonyl (C=O) groups is 2. The lowest BCUT2D eigenvalue weighted by atomic mass is 10.1. The molecule has 0 spiro atoms. The highest BCUT2D eigenvalue weighted by atomic mass is 32.2. The zero-order chi connectivity index (χ0) is 24.9. The van der Waals surface area contributed by atoms with Crippen molar-refractivity contribution in [3.63, 3.8) is 0 Å². The molecule has 0 atom stereocenters. The molecule has 0 aliphatic carbocycles. The Labute approximate surface area is 202 Å². The fourth-order valence-electron chi connectivity index (χ4n) is 3.18. The maximum atomic E-state index is 12.9. The van der Waals surface area contributed by atoms with E-state index in [0.717, 1.165) is 16.7 Å². The van der Waals surface area contributed by atoms with Crippen LogP contribution in [0.2, 0.25) is 0 Å². The van der Waals surface area contributed by atoms with Gasteiger partial charge in [0.05, 0.1) is 37.3 Å². The minimum Gasteiger partial charge on any atom is -0.493 e. The van der Waals surface area contributed by atoms with Crippen molar-refractivity contribution in [2.45, 2.75) is 13.5 Å². The number of hydrogen-bond donors (Lipinski definition) is 3. The first-order valence-electron chi connectivity index (χ1n) is 10.1. The Kier molecular flexibility index (Phi) is 7.79. The molecule has 1 heterocycles. The highest BCUT2D eigenvalue weighted by Gasteiger charge is 2.20. The zero-order valence-corrected chi connectivity index (χ0v) is 20.7. The molecule has 3 aromatic rings. The van der Waals surface area contributed by atoms with Crippen molar-refractivity contribution in [2.75, 3.05) is 30.5 Å². The molecule has 0 aliphatic rings. The molecule has 3 N–H and O–H groups in total. The van der Waals surface area contributed by atoms with Gasteiger partial charge >= 0.3 is 0 Å². The van der Waals surface area contributed by atoms with Gasteiger partial charge in [0.15, 0.2) is 11.5 Å². The molecule has 0 aliphatic heterocycles. The van der Waals surface area contributed by atoms with Gasteiger partial charge in [0, 0.05) is 11.4 Å². The maximum Gasteiger partial charge on any atom is 0.258 e. The summed E-state index contributed by atoms with van der Waals surface area (Å²) in [6.07, 6.45) is 1.01. The summed E-state index contributed by atoms with van der Waals surface area (Å²) in [5.74, 6) is 0.233. The first kappa shape index (κ1) is 25.1. The number of anilines is 2. The molecule has 180 valence electrons. The van der Waals surface area contributed by atoms with Crippen LogP contribution in [0.15, 0.2) is 48.5 Å². The predicted molar refractivity (Wildman–Crippen MR) is 133 cm³/mol. The highest BCUT2D eigenvalue weighted by molar-refractivity contribution is 7.92. The average Bonchev–Trinajstić information content (AvgIpc) is 3.16. The van der Waals surface area contributed by atoms with Crippen LogP contribution in [0.1, 0.15) is 31.2 Å². The van der Waals surface area contributed by atoms with Gasteiger partial charge in [-0.15, -0.1) is 11.3 Å². The number of amides is 2.